The van der Waals surface area contributed by atoms with Crippen molar-refractivity contribution in [3.8, 4) is 0 Å². The van der Waals surface area contributed by atoms with Gasteiger partial charge in [-0.1, -0.05) is 37.3 Å². The molecule has 110 valence electrons. The maximum Gasteiger partial charge on any atom is 0.310 e. The molecule has 1 saturated carbocycles. The zero-order chi connectivity index (χ0) is 14.4. The lowest BCUT2D eigenvalue weighted by molar-refractivity contribution is -0.150. The molecule has 0 bridgehead atoms. The normalized spacial score (nSPS) is 16.1. The maximum absolute atomic E-state index is 12.0. The third kappa shape index (κ3) is 4.62. The van der Waals surface area contributed by atoms with E-state index in [-0.39, 0.29) is 18.5 Å². The van der Waals surface area contributed by atoms with Crippen molar-refractivity contribution < 1.29 is 14.6 Å². The number of rotatable bonds is 8. The van der Waals surface area contributed by atoms with E-state index in [1.807, 2.05) is 37.3 Å². The fraction of sp³-hybridized carbons (Fsp3) is 0.562. The Morgan fingerprint density at radius 1 is 1.40 bits per heavy atom. The molecule has 0 heterocycles. The Kier molecular flexibility index (Phi) is 5.56. The highest BCUT2D eigenvalue weighted by Gasteiger charge is 2.30. The zero-order valence-corrected chi connectivity index (χ0v) is 12.0. The second-order valence-electron chi connectivity index (χ2n) is 5.44. The summed E-state index contributed by atoms with van der Waals surface area (Å²) in [5.41, 5.74) is 1.00. The average Bonchev–Trinajstić information content (AvgIpc) is 3.30. The summed E-state index contributed by atoms with van der Waals surface area (Å²) < 4.78 is 5.34. The SMILES string of the molecule is CC(CN(CCO)C1CC1)C(=O)OCc1ccccc1. The third-order valence-electron chi connectivity index (χ3n) is 3.59. The second-order valence-corrected chi connectivity index (χ2v) is 5.44. The van der Waals surface area contributed by atoms with Gasteiger partial charge in [0, 0.05) is 19.1 Å². The molecular weight excluding hydrogens is 254 g/mol. The quantitative estimate of drug-likeness (QED) is 0.736. The number of aliphatic hydroxyl groups is 1. The van der Waals surface area contributed by atoms with E-state index in [0.717, 1.165) is 5.56 Å². The first-order valence-corrected chi connectivity index (χ1v) is 7.26. The molecule has 4 nitrogen and oxygen atoms in total. The summed E-state index contributed by atoms with van der Waals surface area (Å²) in [6.45, 7) is 3.66. The molecular formula is C16H23NO3. The summed E-state index contributed by atoms with van der Waals surface area (Å²) in [7, 11) is 0. The fourth-order valence-electron chi connectivity index (χ4n) is 2.29. The molecule has 0 radical (unpaired) electrons. The summed E-state index contributed by atoms with van der Waals surface area (Å²) in [5.74, 6) is -0.330. The van der Waals surface area contributed by atoms with Crippen LogP contribution in [0.4, 0.5) is 0 Å². The van der Waals surface area contributed by atoms with E-state index in [2.05, 4.69) is 4.90 Å². The Bertz CT molecular complexity index is 417. The van der Waals surface area contributed by atoms with Crippen LogP contribution in [0.3, 0.4) is 0 Å². The molecule has 1 aromatic rings. The van der Waals surface area contributed by atoms with E-state index >= 15 is 0 Å². The summed E-state index contributed by atoms with van der Waals surface area (Å²) in [6.07, 6.45) is 2.34. The Balaban J connectivity index is 1.76. The first kappa shape index (κ1) is 15.0. The summed E-state index contributed by atoms with van der Waals surface area (Å²) in [4.78, 5) is 14.2. The minimum absolute atomic E-state index is 0.141. The van der Waals surface area contributed by atoms with Crippen LogP contribution in [-0.2, 0) is 16.1 Å². The van der Waals surface area contributed by atoms with Crippen LogP contribution in [-0.4, -0.2) is 41.7 Å². The summed E-state index contributed by atoms with van der Waals surface area (Å²) in [5, 5.41) is 9.06. The van der Waals surface area contributed by atoms with Crippen LogP contribution >= 0.6 is 0 Å². The van der Waals surface area contributed by atoms with E-state index in [0.29, 0.717) is 25.7 Å². The van der Waals surface area contributed by atoms with Gasteiger partial charge >= 0.3 is 5.97 Å². The fourth-order valence-corrected chi connectivity index (χ4v) is 2.29. The number of nitrogens with zero attached hydrogens (tertiary/aromatic N) is 1. The molecule has 1 fully saturated rings. The Morgan fingerprint density at radius 2 is 2.10 bits per heavy atom. The van der Waals surface area contributed by atoms with Gasteiger partial charge in [-0.25, -0.2) is 0 Å². The van der Waals surface area contributed by atoms with Crippen molar-refractivity contribution >= 4 is 5.97 Å². The van der Waals surface area contributed by atoms with Crippen LogP contribution < -0.4 is 0 Å². The van der Waals surface area contributed by atoms with E-state index in [1.54, 1.807) is 0 Å². The number of carbonyl (C=O) groups is 1. The van der Waals surface area contributed by atoms with Crippen molar-refractivity contribution in [2.24, 2.45) is 5.92 Å². The minimum atomic E-state index is -0.169. The summed E-state index contributed by atoms with van der Waals surface area (Å²) >= 11 is 0. The Labute approximate surface area is 120 Å². The number of hydrogen-bond acceptors (Lipinski definition) is 4. The molecule has 1 atom stereocenters. The van der Waals surface area contributed by atoms with Crippen molar-refractivity contribution in [3.63, 3.8) is 0 Å². The van der Waals surface area contributed by atoms with Gasteiger partial charge in [-0.3, -0.25) is 9.69 Å². The molecule has 0 aliphatic heterocycles. The lowest BCUT2D eigenvalue weighted by Crippen LogP contribution is -2.36. The van der Waals surface area contributed by atoms with Crippen molar-refractivity contribution in [2.45, 2.75) is 32.4 Å². The van der Waals surface area contributed by atoms with Crippen molar-refractivity contribution in [3.05, 3.63) is 35.9 Å². The van der Waals surface area contributed by atoms with E-state index in [9.17, 15) is 4.79 Å². The second kappa shape index (κ2) is 7.41. The average molecular weight is 277 g/mol. The molecule has 1 aliphatic rings. The molecule has 0 spiro atoms. The maximum atomic E-state index is 12.0. The third-order valence-corrected chi connectivity index (χ3v) is 3.59. The monoisotopic (exact) mass is 277 g/mol. The van der Waals surface area contributed by atoms with E-state index < -0.39 is 0 Å². The molecule has 1 unspecified atom stereocenters. The molecule has 4 heteroatoms. The van der Waals surface area contributed by atoms with Crippen LogP contribution in [0.15, 0.2) is 30.3 Å². The lowest BCUT2D eigenvalue weighted by Gasteiger charge is -2.23. The molecule has 0 saturated heterocycles. The molecule has 2 rings (SSSR count). The number of ether oxygens (including phenoxy) is 1. The van der Waals surface area contributed by atoms with E-state index in [1.165, 1.54) is 12.8 Å². The van der Waals surface area contributed by atoms with Gasteiger partial charge in [0.15, 0.2) is 0 Å². The largest absolute Gasteiger partial charge is 0.461 e. The topological polar surface area (TPSA) is 49.8 Å². The van der Waals surface area contributed by atoms with Gasteiger partial charge in [-0.05, 0) is 18.4 Å². The van der Waals surface area contributed by atoms with Gasteiger partial charge in [0.2, 0.25) is 0 Å². The highest BCUT2D eigenvalue weighted by molar-refractivity contribution is 5.72. The lowest BCUT2D eigenvalue weighted by atomic mass is 10.1. The molecule has 0 aromatic heterocycles. The highest BCUT2D eigenvalue weighted by Crippen LogP contribution is 2.27. The number of carbonyl (C=O) groups excluding carboxylic acids is 1. The minimum Gasteiger partial charge on any atom is -0.461 e. The van der Waals surface area contributed by atoms with Crippen molar-refractivity contribution in [2.75, 3.05) is 19.7 Å². The summed E-state index contributed by atoms with van der Waals surface area (Å²) in [6, 6.07) is 10.2. The molecule has 1 aliphatic carbocycles. The zero-order valence-electron chi connectivity index (χ0n) is 12.0. The van der Waals surface area contributed by atoms with Crippen molar-refractivity contribution in [1.82, 2.24) is 4.90 Å². The molecule has 1 N–H and O–H groups in total. The van der Waals surface area contributed by atoms with Gasteiger partial charge in [-0.2, -0.15) is 0 Å². The smallest absolute Gasteiger partial charge is 0.310 e. The number of aliphatic hydroxyl groups excluding tert-OH is 1. The number of esters is 1. The van der Waals surface area contributed by atoms with Gasteiger partial charge in [0.1, 0.15) is 6.61 Å². The standard InChI is InChI=1S/C16H23NO3/c1-13(11-17(9-10-18)15-7-8-15)16(19)20-12-14-5-3-2-4-6-14/h2-6,13,15,18H,7-12H2,1H3. The van der Waals surface area contributed by atoms with Crippen LogP contribution in [0.25, 0.3) is 0 Å². The van der Waals surface area contributed by atoms with Gasteiger partial charge in [0.25, 0.3) is 0 Å². The predicted octanol–water partition coefficient (Wildman–Crippen LogP) is 1.82. The molecule has 0 amide bonds. The highest BCUT2D eigenvalue weighted by atomic mass is 16.5. The first-order valence-electron chi connectivity index (χ1n) is 7.26. The Morgan fingerprint density at radius 3 is 2.70 bits per heavy atom. The van der Waals surface area contributed by atoms with Crippen LogP contribution in [0.5, 0.6) is 0 Å². The van der Waals surface area contributed by atoms with Crippen LogP contribution in [0.1, 0.15) is 25.3 Å². The van der Waals surface area contributed by atoms with Crippen molar-refractivity contribution in [1.29, 1.82) is 0 Å². The Hall–Kier alpha value is -1.39. The molecule has 1 aromatic carbocycles. The predicted molar refractivity (Wildman–Crippen MR) is 77.1 cm³/mol. The molecule has 20 heavy (non-hydrogen) atoms. The van der Waals surface area contributed by atoms with Crippen LogP contribution in [0, 0.1) is 5.92 Å². The van der Waals surface area contributed by atoms with E-state index in [4.69, 9.17) is 9.84 Å². The van der Waals surface area contributed by atoms with Gasteiger partial charge in [-0.15, -0.1) is 0 Å². The van der Waals surface area contributed by atoms with Gasteiger partial charge in [0.05, 0.1) is 12.5 Å². The van der Waals surface area contributed by atoms with Crippen LogP contribution in [0.2, 0.25) is 0 Å². The van der Waals surface area contributed by atoms with Gasteiger partial charge < -0.3 is 9.84 Å². The number of benzene rings is 1. The first-order chi connectivity index (χ1) is 9.70. The number of hydrogen-bond donors (Lipinski definition) is 1.